The van der Waals surface area contributed by atoms with Gasteiger partial charge in [0.25, 0.3) is 0 Å². The van der Waals surface area contributed by atoms with Gasteiger partial charge in [-0.15, -0.1) is 12.4 Å². The number of nitrogens with two attached hydrogens (primary N) is 1. The summed E-state index contributed by atoms with van der Waals surface area (Å²) >= 11 is 0. The van der Waals surface area contributed by atoms with E-state index in [2.05, 4.69) is 22.5 Å². The summed E-state index contributed by atoms with van der Waals surface area (Å²) < 4.78 is 0. The van der Waals surface area contributed by atoms with E-state index < -0.39 is 0 Å². The van der Waals surface area contributed by atoms with Gasteiger partial charge < -0.3 is 11.1 Å². The van der Waals surface area contributed by atoms with Crippen molar-refractivity contribution in [2.45, 2.75) is 46.5 Å². The minimum atomic E-state index is -0.359. The second-order valence-electron chi connectivity index (χ2n) is 5.17. The molecule has 4 N–H and O–H groups in total. The number of guanidine groups is 1. The predicted molar refractivity (Wildman–Crippen MR) is 95.9 cm³/mol. The van der Waals surface area contributed by atoms with Crippen LogP contribution in [0.2, 0.25) is 0 Å². The molecule has 0 radical (unpaired) electrons. The van der Waals surface area contributed by atoms with Crippen LogP contribution < -0.4 is 16.4 Å². The van der Waals surface area contributed by atoms with Crippen molar-refractivity contribution >= 4 is 30.1 Å². The Morgan fingerprint density at radius 2 is 1.82 bits per heavy atom. The zero-order chi connectivity index (χ0) is 15.7. The number of benzene rings is 1. The van der Waals surface area contributed by atoms with Crippen molar-refractivity contribution in [2.24, 2.45) is 10.7 Å². The van der Waals surface area contributed by atoms with Crippen molar-refractivity contribution < 1.29 is 4.79 Å². The van der Waals surface area contributed by atoms with Crippen molar-refractivity contribution in [3.8, 4) is 0 Å². The Bertz CT molecular complexity index is 483. The molecule has 0 aliphatic heterocycles. The van der Waals surface area contributed by atoms with E-state index in [-0.39, 0.29) is 24.4 Å². The molecule has 1 aromatic carbocycles. The van der Waals surface area contributed by atoms with Crippen LogP contribution in [0.25, 0.3) is 0 Å². The van der Waals surface area contributed by atoms with E-state index in [1.165, 1.54) is 12.8 Å². The van der Waals surface area contributed by atoms with Gasteiger partial charge in [0.1, 0.15) is 0 Å². The Hall–Kier alpha value is -1.75. The van der Waals surface area contributed by atoms with Crippen LogP contribution in [0.4, 0.5) is 10.5 Å². The molecule has 1 rings (SSSR count). The van der Waals surface area contributed by atoms with Crippen molar-refractivity contribution in [3.05, 3.63) is 29.3 Å². The van der Waals surface area contributed by atoms with E-state index in [1.807, 2.05) is 32.0 Å². The molecule has 22 heavy (non-hydrogen) atoms. The van der Waals surface area contributed by atoms with Crippen molar-refractivity contribution in [1.29, 1.82) is 0 Å². The number of hydrogen-bond acceptors (Lipinski definition) is 2. The lowest BCUT2D eigenvalue weighted by molar-refractivity contribution is 0.256. The van der Waals surface area contributed by atoms with Gasteiger partial charge in [-0.3, -0.25) is 10.3 Å². The lowest BCUT2D eigenvalue weighted by Crippen LogP contribution is -2.40. The molecule has 0 bridgehead atoms. The molecule has 124 valence electrons. The SMILES string of the molecule is CCCCCCN=C(N)NC(=O)Nc1c(C)cccc1C.Cl. The molecule has 0 saturated carbocycles. The average Bonchev–Trinajstić information content (AvgIpc) is 2.43. The van der Waals surface area contributed by atoms with E-state index in [1.54, 1.807) is 0 Å². The summed E-state index contributed by atoms with van der Waals surface area (Å²) in [5.41, 5.74) is 8.54. The second-order valence-corrected chi connectivity index (χ2v) is 5.17. The summed E-state index contributed by atoms with van der Waals surface area (Å²) in [4.78, 5) is 16.0. The number of nitrogens with zero attached hydrogens (tertiary/aromatic N) is 1. The number of para-hydroxylation sites is 1. The highest BCUT2D eigenvalue weighted by Gasteiger charge is 2.07. The molecular formula is C16H27ClN4O. The van der Waals surface area contributed by atoms with E-state index >= 15 is 0 Å². The van der Waals surface area contributed by atoms with Crippen LogP contribution in [0.1, 0.15) is 43.7 Å². The minimum Gasteiger partial charge on any atom is -0.370 e. The first-order valence-electron chi connectivity index (χ1n) is 7.48. The fraction of sp³-hybridized carbons (Fsp3) is 0.500. The highest BCUT2D eigenvalue weighted by atomic mass is 35.5. The van der Waals surface area contributed by atoms with Crippen LogP contribution >= 0.6 is 12.4 Å². The van der Waals surface area contributed by atoms with Gasteiger partial charge in [0, 0.05) is 12.2 Å². The van der Waals surface area contributed by atoms with Crippen molar-refractivity contribution in [3.63, 3.8) is 0 Å². The van der Waals surface area contributed by atoms with E-state index in [9.17, 15) is 4.79 Å². The van der Waals surface area contributed by atoms with Gasteiger partial charge in [0.15, 0.2) is 5.96 Å². The molecule has 0 spiro atoms. The first-order valence-corrected chi connectivity index (χ1v) is 7.48. The Balaban J connectivity index is 0.00000441. The third-order valence-electron chi connectivity index (χ3n) is 3.26. The summed E-state index contributed by atoms with van der Waals surface area (Å²) in [6, 6.07) is 5.50. The zero-order valence-corrected chi connectivity index (χ0v) is 14.4. The van der Waals surface area contributed by atoms with Crippen molar-refractivity contribution in [2.75, 3.05) is 11.9 Å². The minimum absolute atomic E-state index is 0. The Kier molecular flexibility index (Phi) is 10.0. The number of rotatable bonds is 6. The number of urea groups is 1. The van der Waals surface area contributed by atoms with Crippen LogP contribution in [0.5, 0.6) is 0 Å². The summed E-state index contributed by atoms with van der Waals surface area (Å²) in [5.74, 6) is 0.162. The molecule has 2 amide bonds. The third kappa shape index (κ3) is 7.31. The monoisotopic (exact) mass is 326 g/mol. The van der Waals surface area contributed by atoms with Gasteiger partial charge in [-0.25, -0.2) is 4.79 Å². The fourth-order valence-corrected chi connectivity index (χ4v) is 2.05. The van der Waals surface area contributed by atoms with Gasteiger partial charge in [-0.05, 0) is 31.4 Å². The van der Waals surface area contributed by atoms with E-state index in [0.29, 0.717) is 6.54 Å². The van der Waals surface area contributed by atoms with Crippen molar-refractivity contribution in [1.82, 2.24) is 5.32 Å². The zero-order valence-electron chi connectivity index (χ0n) is 13.6. The highest BCUT2D eigenvalue weighted by molar-refractivity contribution is 6.02. The van der Waals surface area contributed by atoms with Gasteiger partial charge in [-0.1, -0.05) is 44.4 Å². The molecule has 0 saturated heterocycles. The topological polar surface area (TPSA) is 79.5 Å². The first-order chi connectivity index (χ1) is 10.0. The number of carbonyl (C=O) groups excluding carboxylic acids is 1. The average molecular weight is 327 g/mol. The maximum absolute atomic E-state index is 11.9. The molecule has 0 atom stereocenters. The Labute approximate surface area is 139 Å². The quantitative estimate of drug-likeness (QED) is 0.423. The van der Waals surface area contributed by atoms with Gasteiger partial charge in [0.2, 0.25) is 0 Å². The molecule has 1 aromatic rings. The summed E-state index contributed by atoms with van der Waals surface area (Å²) in [5, 5.41) is 5.36. The number of unbranched alkanes of at least 4 members (excludes halogenated alkanes) is 3. The number of hydrogen-bond donors (Lipinski definition) is 3. The summed E-state index contributed by atoms with van der Waals surface area (Å²) in [7, 11) is 0. The van der Waals surface area contributed by atoms with Crippen LogP contribution in [0, 0.1) is 13.8 Å². The molecular weight excluding hydrogens is 300 g/mol. The molecule has 6 heteroatoms. The number of carbonyl (C=O) groups is 1. The number of halogens is 1. The maximum atomic E-state index is 11.9. The predicted octanol–water partition coefficient (Wildman–Crippen LogP) is 3.74. The van der Waals surface area contributed by atoms with Gasteiger partial charge >= 0.3 is 6.03 Å². The molecule has 0 aromatic heterocycles. The lowest BCUT2D eigenvalue weighted by Gasteiger charge is -2.12. The molecule has 0 fully saturated rings. The molecule has 0 unspecified atom stereocenters. The maximum Gasteiger partial charge on any atom is 0.326 e. The fourth-order valence-electron chi connectivity index (χ4n) is 2.05. The number of amides is 2. The van der Waals surface area contributed by atoms with Crippen LogP contribution in [0.15, 0.2) is 23.2 Å². The van der Waals surface area contributed by atoms with Crippen LogP contribution in [-0.2, 0) is 0 Å². The molecule has 0 aliphatic rings. The summed E-state index contributed by atoms with van der Waals surface area (Å²) in [6.45, 7) is 6.72. The largest absolute Gasteiger partial charge is 0.370 e. The van der Waals surface area contributed by atoms with Gasteiger partial charge in [0.05, 0.1) is 0 Å². The standard InChI is InChI=1S/C16H26N4O.ClH/c1-4-5-6-7-11-18-15(17)20-16(21)19-14-12(2)9-8-10-13(14)3;/h8-10H,4-7,11H2,1-3H3,(H4,17,18,19,20,21);1H. The molecule has 0 aliphatic carbocycles. The van der Waals surface area contributed by atoms with Crippen LogP contribution in [0.3, 0.4) is 0 Å². The summed E-state index contributed by atoms with van der Waals surface area (Å²) in [6.07, 6.45) is 4.53. The van der Waals surface area contributed by atoms with E-state index in [4.69, 9.17) is 5.73 Å². The Morgan fingerprint density at radius 1 is 1.18 bits per heavy atom. The normalized spacial score (nSPS) is 10.8. The second kappa shape index (κ2) is 10.9. The number of nitrogens with one attached hydrogen (secondary N) is 2. The van der Waals surface area contributed by atoms with Crippen LogP contribution in [-0.4, -0.2) is 18.5 Å². The number of aliphatic imine (C=N–C) groups is 1. The Morgan fingerprint density at radius 3 is 2.41 bits per heavy atom. The number of anilines is 1. The number of aryl methyl sites for hydroxylation is 2. The van der Waals surface area contributed by atoms with E-state index in [0.717, 1.165) is 29.7 Å². The molecule has 0 heterocycles. The lowest BCUT2D eigenvalue weighted by atomic mass is 10.1. The third-order valence-corrected chi connectivity index (χ3v) is 3.26. The smallest absolute Gasteiger partial charge is 0.326 e. The highest BCUT2D eigenvalue weighted by Crippen LogP contribution is 2.18. The van der Waals surface area contributed by atoms with Gasteiger partial charge in [-0.2, -0.15) is 0 Å². The first kappa shape index (κ1) is 20.2. The molecule has 5 nitrogen and oxygen atoms in total.